The molecule has 1 aromatic heterocycles. The molecule has 0 atom stereocenters. The molecule has 0 saturated carbocycles. The van der Waals surface area contributed by atoms with Crippen LogP contribution in [0.5, 0.6) is 0 Å². The maximum atomic E-state index is 11.3. The van der Waals surface area contributed by atoms with E-state index in [4.69, 9.17) is 5.26 Å². The van der Waals surface area contributed by atoms with Crippen LogP contribution in [0.15, 0.2) is 53.7 Å². The average molecular weight is 261 g/mol. The molecule has 0 aliphatic carbocycles. The Morgan fingerprint density at radius 1 is 1.15 bits per heavy atom. The van der Waals surface area contributed by atoms with Gasteiger partial charge in [-0.1, -0.05) is 30.3 Å². The molecule has 20 heavy (non-hydrogen) atoms. The topological polar surface area (TPSA) is 58.1 Å². The van der Waals surface area contributed by atoms with Gasteiger partial charge in [0, 0.05) is 18.0 Å². The molecule has 0 N–H and O–H groups in total. The summed E-state index contributed by atoms with van der Waals surface area (Å²) in [4.78, 5) is 11.3. The summed E-state index contributed by atoms with van der Waals surface area (Å²) in [5.74, 6) is 0. The van der Waals surface area contributed by atoms with Gasteiger partial charge in [-0.3, -0.25) is 0 Å². The minimum atomic E-state index is 0.380. The molecule has 0 spiro atoms. The molecule has 4 nitrogen and oxygen atoms in total. The zero-order valence-electron chi connectivity index (χ0n) is 10.9. The van der Waals surface area contributed by atoms with Gasteiger partial charge in [0.15, 0.2) is 0 Å². The van der Waals surface area contributed by atoms with Crippen LogP contribution in [-0.2, 0) is 7.05 Å². The number of nitrogens with zero attached hydrogens (tertiary/aromatic N) is 3. The van der Waals surface area contributed by atoms with Gasteiger partial charge in [0.05, 0.1) is 22.8 Å². The molecule has 2 aromatic carbocycles. The fourth-order valence-corrected chi connectivity index (χ4v) is 2.51. The summed E-state index contributed by atoms with van der Waals surface area (Å²) in [5, 5.41) is 12.9. The number of aryl methyl sites for hydroxylation is 1. The van der Waals surface area contributed by atoms with Crippen LogP contribution in [0.2, 0.25) is 0 Å². The van der Waals surface area contributed by atoms with E-state index in [0.29, 0.717) is 16.6 Å². The summed E-state index contributed by atoms with van der Waals surface area (Å²) in [6, 6.07) is 17.0. The largest absolute Gasteiger partial charge is 0.342 e. The van der Waals surface area contributed by atoms with Crippen molar-refractivity contribution in [2.24, 2.45) is 12.2 Å². The van der Waals surface area contributed by atoms with Crippen LogP contribution in [0.3, 0.4) is 0 Å². The lowest BCUT2D eigenvalue weighted by Crippen LogP contribution is -1.91. The first-order chi connectivity index (χ1) is 9.76. The second kappa shape index (κ2) is 4.63. The molecule has 3 aromatic rings. The standard InChI is InChI=1S/C16H11N3O/c1-19-14-8-7-11(10-17)9-13(14)15(18-20)16(19)12-5-3-2-4-6-12/h2-9H,1H3. The minimum absolute atomic E-state index is 0.380. The fraction of sp³-hybridized carbons (Fsp3) is 0.0625. The Bertz CT molecular complexity index is 842. The highest BCUT2D eigenvalue weighted by Gasteiger charge is 2.17. The predicted octanol–water partition coefficient (Wildman–Crippen LogP) is 4.11. The summed E-state index contributed by atoms with van der Waals surface area (Å²) in [5.41, 5.74) is 3.49. The number of nitroso groups, excluding NO2 is 1. The molecular formula is C16H11N3O. The van der Waals surface area contributed by atoms with E-state index in [1.165, 1.54) is 0 Å². The van der Waals surface area contributed by atoms with Crippen molar-refractivity contribution in [1.29, 1.82) is 5.26 Å². The third kappa shape index (κ3) is 1.69. The molecule has 4 heteroatoms. The summed E-state index contributed by atoms with van der Waals surface area (Å²) >= 11 is 0. The quantitative estimate of drug-likeness (QED) is 0.651. The Labute approximate surface area is 115 Å². The third-order valence-corrected chi connectivity index (χ3v) is 3.44. The van der Waals surface area contributed by atoms with Gasteiger partial charge in [-0.25, -0.2) is 0 Å². The molecule has 0 aliphatic heterocycles. The molecular weight excluding hydrogens is 250 g/mol. The highest BCUT2D eigenvalue weighted by molar-refractivity contribution is 6.00. The minimum Gasteiger partial charge on any atom is -0.342 e. The van der Waals surface area contributed by atoms with Crippen molar-refractivity contribution >= 4 is 16.6 Å². The van der Waals surface area contributed by atoms with Crippen LogP contribution < -0.4 is 0 Å². The Hall–Kier alpha value is -2.93. The van der Waals surface area contributed by atoms with Crippen LogP contribution in [0.4, 0.5) is 5.69 Å². The highest BCUT2D eigenvalue weighted by Crippen LogP contribution is 2.39. The van der Waals surface area contributed by atoms with E-state index in [-0.39, 0.29) is 0 Å². The van der Waals surface area contributed by atoms with Crippen molar-refractivity contribution in [3.63, 3.8) is 0 Å². The van der Waals surface area contributed by atoms with Gasteiger partial charge in [-0.2, -0.15) is 5.26 Å². The Morgan fingerprint density at radius 2 is 1.90 bits per heavy atom. The monoisotopic (exact) mass is 261 g/mol. The molecule has 0 saturated heterocycles. The van der Waals surface area contributed by atoms with Gasteiger partial charge >= 0.3 is 0 Å². The lowest BCUT2D eigenvalue weighted by Gasteiger charge is -2.04. The van der Waals surface area contributed by atoms with E-state index < -0.39 is 0 Å². The molecule has 3 rings (SSSR count). The van der Waals surface area contributed by atoms with E-state index in [2.05, 4.69) is 11.2 Å². The number of benzene rings is 2. The van der Waals surface area contributed by atoms with E-state index >= 15 is 0 Å². The van der Waals surface area contributed by atoms with Crippen molar-refractivity contribution in [3.8, 4) is 17.3 Å². The fourth-order valence-electron chi connectivity index (χ4n) is 2.51. The Morgan fingerprint density at radius 3 is 2.55 bits per heavy atom. The van der Waals surface area contributed by atoms with Gasteiger partial charge < -0.3 is 4.57 Å². The lowest BCUT2D eigenvalue weighted by molar-refractivity contribution is 0.978. The number of fused-ring (bicyclic) bond motifs is 1. The maximum absolute atomic E-state index is 11.3. The summed E-state index contributed by atoms with van der Waals surface area (Å²) in [6.45, 7) is 0. The van der Waals surface area contributed by atoms with Crippen LogP contribution in [0.1, 0.15) is 5.56 Å². The van der Waals surface area contributed by atoms with Crippen LogP contribution in [0.25, 0.3) is 22.2 Å². The van der Waals surface area contributed by atoms with E-state index in [9.17, 15) is 4.91 Å². The molecule has 96 valence electrons. The lowest BCUT2D eigenvalue weighted by atomic mass is 10.1. The van der Waals surface area contributed by atoms with Crippen molar-refractivity contribution < 1.29 is 0 Å². The Kier molecular flexibility index (Phi) is 2.81. The third-order valence-electron chi connectivity index (χ3n) is 3.44. The van der Waals surface area contributed by atoms with Gasteiger partial charge in [-0.05, 0) is 23.4 Å². The zero-order chi connectivity index (χ0) is 14.1. The first-order valence-electron chi connectivity index (χ1n) is 6.17. The normalized spacial score (nSPS) is 10.4. The smallest absolute Gasteiger partial charge is 0.141 e. The maximum Gasteiger partial charge on any atom is 0.141 e. The van der Waals surface area contributed by atoms with Gasteiger partial charge in [0.1, 0.15) is 5.69 Å². The second-order valence-electron chi connectivity index (χ2n) is 4.56. The van der Waals surface area contributed by atoms with Gasteiger partial charge in [-0.15, -0.1) is 4.91 Å². The number of hydrogen-bond acceptors (Lipinski definition) is 3. The Balaban J connectivity index is 2.41. The molecule has 0 bridgehead atoms. The molecule has 0 fully saturated rings. The number of nitriles is 1. The number of hydrogen-bond donors (Lipinski definition) is 0. The average Bonchev–Trinajstić information content (AvgIpc) is 2.79. The van der Waals surface area contributed by atoms with Gasteiger partial charge in [0.2, 0.25) is 0 Å². The van der Waals surface area contributed by atoms with Crippen LogP contribution in [0, 0.1) is 16.2 Å². The van der Waals surface area contributed by atoms with E-state index in [1.54, 1.807) is 12.1 Å². The molecule has 0 radical (unpaired) electrons. The zero-order valence-corrected chi connectivity index (χ0v) is 10.9. The van der Waals surface area contributed by atoms with Gasteiger partial charge in [0.25, 0.3) is 0 Å². The molecule has 1 heterocycles. The number of aromatic nitrogens is 1. The van der Waals surface area contributed by atoms with Crippen LogP contribution in [-0.4, -0.2) is 4.57 Å². The van der Waals surface area contributed by atoms with Crippen molar-refractivity contribution in [3.05, 3.63) is 59.0 Å². The van der Waals surface area contributed by atoms with E-state index in [1.807, 2.05) is 48.0 Å². The predicted molar refractivity (Wildman–Crippen MR) is 78.5 cm³/mol. The SMILES string of the molecule is Cn1c(-c2ccccc2)c(N=O)c2cc(C#N)ccc21. The van der Waals surface area contributed by atoms with Crippen molar-refractivity contribution in [2.75, 3.05) is 0 Å². The van der Waals surface area contributed by atoms with Crippen molar-refractivity contribution in [1.82, 2.24) is 4.57 Å². The van der Waals surface area contributed by atoms with Crippen molar-refractivity contribution in [2.45, 2.75) is 0 Å². The van der Waals surface area contributed by atoms with Crippen LogP contribution >= 0.6 is 0 Å². The summed E-state index contributed by atoms with van der Waals surface area (Å²) < 4.78 is 1.93. The molecule has 0 amide bonds. The first-order valence-corrected chi connectivity index (χ1v) is 6.17. The highest BCUT2D eigenvalue weighted by atomic mass is 16.3. The van der Waals surface area contributed by atoms with E-state index in [0.717, 1.165) is 16.8 Å². The second-order valence-corrected chi connectivity index (χ2v) is 4.56. The summed E-state index contributed by atoms with van der Waals surface area (Å²) in [7, 11) is 1.89. The summed E-state index contributed by atoms with van der Waals surface area (Å²) in [6.07, 6.45) is 0. The molecule has 0 aliphatic rings. The first kappa shape index (κ1) is 12.1. The number of rotatable bonds is 2. The molecule has 0 unspecified atom stereocenters.